The van der Waals surface area contributed by atoms with Gasteiger partial charge in [0.2, 0.25) is 0 Å². The summed E-state index contributed by atoms with van der Waals surface area (Å²) in [5.41, 5.74) is 2.35. The van der Waals surface area contributed by atoms with E-state index in [0.717, 1.165) is 40.5 Å². The zero-order valence-corrected chi connectivity index (χ0v) is 23.8. The minimum absolute atomic E-state index is 0.162. The first-order valence-electron chi connectivity index (χ1n) is 13.3. The fourth-order valence-corrected chi connectivity index (χ4v) is 8.23. The Balaban J connectivity index is 1.28. The third-order valence-corrected chi connectivity index (χ3v) is 10.7. The number of thiophene rings is 3. The number of carbonyl (C=O) groups is 2. The van der Waals surface area contributed by atoms with Gasteiger partial charge in [-0.2, -0.15) is 0 Å². The van der Waals surface area contributed by atoms with Crippen LogP contribution in [0.15, 0.2) is 72.1 Å². The van der Waals surface area contributed by atoms with Crippen molar-refractivity contribution in [3.05, 3.63) is 83.2 Å². The Morgan fingerprint density at radius 3 is 1.97 bits per heavy atom. The monoisotopic (exact) mass is 555 g/mol. The predicted molar refractivity (Wildman–Crippen MR) is 163 cm³/mol. The highest BCUT2D eigenvalue weighted by atomic mass is 32.1. The van der Waals surface area contributed by atoms with E-state index >= 15 is 0 Å². The summed E-state index contributed by atoms with van der Waals surface area (Å²) in [6.07, 6.45) is 6.74. The van der Waals surface area contributed by atoms with Crippen molar-refractivity contribution in [3.63, 3.8) is 0 Å². The van der Waals surface area contributed by atoms with E-state index in [1.54, 1.807) is 22.7 Å². The average molecular weight is 556 g/mol. The van der Waals surface area contributed by atoms with Gasteiger partial charge < -0.3 is 0 Å². The topological polar surface area (TPSA) is 37.4 Å². The molecule has 3 aromatic heterocycles. The molecule has 3 nitrogen and oxygen atoms in total. The molecule has 2 amide bonds. The van der Waals surface area contributed by atoms with Crippen molar-refractivity contribution in [2.24, 2.45) is 0 Å². The minimum atomic E-state index is -0.162. The van der Waals surface area contributed by atoms with Crippen molar-refractivity contribution >= 4 is 56.6 Å². The van der Waals surface area contributed by atoms with Crippen LogP contribution >= 0.6 is 34.0 Å². The standard InChI is InChI=1S/C32H29NO2S3/c1-2-3-4-5-6-7-19-33-31(34)23-11-8-10-22-21(13-14-24(30(22)23)32(33)35)25-15-16-28(37-25)29-18-17-27(38-29)26-12-9-20-36-26/h8-18,20H,2-7,19H2,1H3. The van der Waals surface area contributed by atoms with Crippen LogP contribution in [0.25, 0.3) is 40.7 Å². The molecule has 0 bridgehead atoms. The first kappa shape index (κ1) is 25.2. The molecule has 0 saturated carbocycles. The normalized spacial score (nSPS) is 13.1. The molecule has 0 radical (unpaired) electrons. The molecule has 1 aliphatic rings. The smallest absolute Gasteiger partial charge is 0.261 e. The maximum Gasteiger partial charge on any atom is 0.261 e. The molecular formula is C32H29NO2S3. The molecule has 192 valence electrons. The van der Waals surface area contributed by atoms with Crippen LogP contribution in [0.5, 0.6) is 0 Å². The molecule has 0 atom stereocenters. The fraction of sp³-hybridized carbons (Fsp3) is 0.250. The fourth-order valence-electron chi connectivity index (χ4n) is 5.25. The highest BCUT2D eigenvalue weighted by molar-refractivity contribution is 7.27. The summed E-state index contributed by atoms with van der Waals surface area (Å²) in [6.45, 7) is 2.70. The molecule has 4 heterocycles. The summed E-state index contributed by atoms with van der Waals surface area (Å²) < 4.78 is 0. The van der Waals surface area contributed by atoms with E-state index in [1.165, 1.54) is 43.7 Å². The molecule has 0 spiro atoms. The number of nitrogens with zero attached hydrogens (tertiary/aromatic N) is 1. The van der Waals surface area contributed by atoms with Crippen LogP contribution < -0.4 is 0 Å². The van der Waals surface area contributed by atoms with Crippen LogP contribution in [0.2, 0.25) is 0 Å². The zero-order chi connectivity index (χ0) is 26.1. The lowest BCUT2D eigenvalue weighted by atomic mass is 9.90. The summed E-state index contributed by atoms with van der Waals surface area (Å²) in [4.78, 5) is 34.5. The molecule has 0 N–H and O–H groups in total. The molecule has 6 heteroatoms. The third-order valence-electron chi connectivity index (χ3n) is 7.21. The van der Waals surface area contributed by atoms with Gasteiger partial charge in [-0.3, -0.25) is 14.5 Å². The van der Waals surface area contributed by atoms with Crippen LogP contribution in [0.3, 0.4) is 0 Å². The number of hydrogen-bond donors (Lipinski definition) is 0. The summed E-state index contributed by atoms with van der Waals surface area (Å²) in [6, 6.07) is 22.8. The molecule has 0 saturated heterocycles. The Bertz CT molecular complexity index is 1590. The van der Waals surface area contributed by atoms with Gasteiger partial charge >= 0.3 is 0 Å². The number of carbonyl (C=O) groups excluding carboxylic acids is 2. The molecule has 0 aliphatic carbocycles. The van der Waals surface area contributed by atoms with Crippen LogP contribution in [-0.2, 0) is 0 Å². The molecular weight excluding hydrogens is 527 g/mol. The van der Waals surface area contributed by atoms with Gasteiger partial charge in [-0.15, -0.1) is 34.0 Å². The van der Waals surface area contributed by atoms with E-state index in [4.69, 9.17) is 0 Å². The Labute approximate surface area is 235 Å². The SMILES string of the molecule is CCCCCCCCN1C(=O)c2cccc3c(-c4ccc(-c5ccc(-c6cccs6)s5)s4)ccc(c23)C1=O. The quantitative estimate of drug-likeness (QED) is 0.127. The van der Waals surface area contributed by atoms with Gasteiger partial charge in [0, 0.05) is 47.4 Å². The first-order chi connectivity index (χ1) is 18.7. The Morgan fingerprint density at radius 2 is 1.24 bits per heavy atom. The second kappa shape index (κ2) is 11.0. The van der Waals surface area contributed by atoms with Gasteiger partial charge in [-0.1, -0.05) is 63.3 Å². The molecule has 38 heavy (non-hydrogen) atoms. The van der Waals surface area contributed by atoms with Gasteiger partial charge in [-0.05, 0) is 65.2 Å². The number of hydrogen-bond acceptors (Lipinski definition) is 5. The first-order valence-corrected chi connectivity index (χ1v) is 15.8. The molecule has 1 aliphatic heterocycles. The van der Waals surface area contributed by atoms with Gasteiger partial charge in [0.1, 0.15) is 0 Å². The number of benzene rings is 2. The Kier molecular flexibility index (Phi) is 7.28. The van der Waals surface area contributed by atoms with Gasteiger partial charge in [0.25, 0.3) is 11.8 Å². The Morgan fingerprint density at radius 1 is 0.605 bits per heavy atom. The van der Waals surface area contributed by atoms with Gasteiger partial charge in [-0.25, -0.2) is 0 Å². The highest BCUT2D eigenvalue weighted by Gasteiger charge is 2.33. The van der Waals surface area contributed by atoms with E-state index in [-0.39, 0.29) is 11.8 Å². The maximum atomic E-state index is 13.4. The molecule has 6 rings (SSSR count). The van der Waals surface area contributed by atoms with Gasteiger partial charge in [0.05, 0.1) is 0 Å². The van der Waals surface area contributed by atoms with E-state index in [2.05, 4.69) is 54.8 Å². The van der Waals surface area contributed by atoms with Crippen LogP contribution in [0.4, 0.5) is 0 Å². The summed E-state index contributed by atoms with van der Waals surface area (Å²) >= 11 is 5.33. The summed E-state index contributed by atoms with van der Waals surface area (Å²) in [5.74, 6) is -0.323. The number of rotatable bonds is 10. The molecule has 0 fully saturated rings. The van der Waals surface area contributed by atoms with Crippen molar-refractivity contribution in [2.75, 3.05) is 6.54 Å². The number of unbranched alkanes of at least 4 members (excludes halogenated alkanes) is 5. The minimum Gasteiger partial charge on any atom is -0.274 e. The van der Waals surface area contributed by atoms with Crippen molar-refractivity contribution < 1.29 is 9.59 Å². The second-order valence-corrected chi connectivity index (χ2v) is 12.8. The lowest BCUT2D eigenvalue weighted by Gasteiger charge is -2.27. The summed E-state index contributed by atoms with van der Waals surface area (Å²) in [7, 11) is 0. The van der Waals surface area contributed by atoms with E-state index in [0.29, 0.717) is 17.7 Å². The number of imide groups is 1. The van der Waals surface area contributed by atoms with Crippen molar-refractivity contribution in [2.45, 2.75) is 45.4 Å². The van der Waals surface area contributed by atoms with E-state index in [9.17, 15) is 9.59 Å². The van der Waals surface area contributed by atoms with Crippen molar-refractivity contribution in [1.29, 1.82) is 0 Å². The summed E-state index contributed by atoms with van der Waals surface area (Å²) in [5, 5.41) is 3.88. The van der Waals surface area contributed by atoms with Crippen molar-refractivity contribution in [3.8, 4) is 29.9 Å². The van der Waals surface area contributed by atoms with Crippen LogP contribution in [-0.4, -0.2) is 23.3 Å². The highest BCUT2D eigenvalue weighted by Crippen LogP contribution is 2.44. The molecule has 5 aromatic rings. The van der Waals surface area contributed by atoms with Crippen molar-refractivity contribution in [1.82, 2.24) is 4.90 Å². The Hall–Kier alpha value is -3.06. The van der Waals surface area contributed by atoms with E-state index in [1.807, 2.05) is 35.6 Å². The molecule has 0 unspecified atom stereocenters. The average Bonchev–Trinajstić information content (AvgIpc) is 3.72. The lowest BCUT2D eigenvalue weighted by Crippen LogP contribution is -2.40. The van der Waals surface area contributed by atoms with Gasteiger partial charge in [0.15, 0.2) is 0 Å². The second-order valence-electron chi connectivity index (χ2n) is 9.72. The predicted octanol–water partition coefficient (Wildman–Crippen LogP) is 9.98. The third kappa shape index (κ3) is 4.66. The number of amides is 2. The molecule has 2 aromatic carbocycles. The largest absolute Gasteiger partial charge is 0.274 e. The zero-order valence-electron chi connectivity index (χ0n) is 21.4. The van der Waals surface area contributed by atoms with Crippen LogP contribution in [0.1, 0.15) is 66.2 Å². The maximum absolute atomic E-state index is 13.4. The van der Waals surface area contributed by atoms with E-state index < -0.39 is 0 Å². The lowest BCUT2D eigenvalue weighted by molar-refractivity contribution is 0.0607. The van der Waals surface area contributed by atoms with Crippen LogP contribution in [0, 0.1) is 0 Å².